The Labute approximate surface area is 239 Å². The summed E-state index contributed by atoms with van der Waals surface area (Å²) >= 11 is 1.47. The number of rotatable bonds is 6. The highest BCUT2D eigenvalue weighted by Crippen LogP contribution is 2.47. The Balaban J connectivity index is 1.56. The van der Waals surface area contributed by atoms with Gasteiger partial charge in [0.25, 0.3) is 0 Å². The molecule has 0 saturated carbocycles. The van der Waals surface area contributed by atoms with E-state index in [0.717, 1.165) is 33.1 Å². The summed E-state index contributed by atoms with van der Waals surface area (Å²) in [5.74, 6) is -0.399. The number of benzene rings is 2. The quantitative estimate of drug-likeness (QED) is 0.480. The predicted molar refractivity (Wildman–Crippen MR) is 157 cm³/mol. The van der Waals surface area contributed by atoms with Gasteiger partial charge in [0.05, 0.1) is 30.3 Å². The number of amidine groups is 1. The van der Waals surface area contributed by atoms with Gasteiger partial charge in [-0.05, 0) is 37.3 Å². The smallest absolute Gasteiger partial charge is 0.338 e. The maximum absolute atomic E-state index is 13.7. The first kappa shape index (κ1) is 27.7. The third-order valence-electron chi connectivity index (χ3n) is 7.49. The van der Waals surface area contributed by atoms with Crippen LogP contribution in [0.15, 0.2) is 70.2 Å². The van der Waals surface area contributed by atoms with E-state index in [9.17, 15) is 14.4 Å². The molecule has 2 amide bonds. The number of thioether (sulfide) groups is 1. The van der Waals surface area contributed by atoms with E-state index in [1.54, 1.807) is 18.7 Å². The molecule has 0 bridgehead atoms. The van der Waals surface area contributed by atoms with Gasteiger partial charge in [-0.2, -0.15) is 0 Å². The number of fused-ring (bicyclic) bond motifs is 1. The van der Waals surface area contributed by atoms with Crippen LogP contribution in [0.1, 0.15) is 48.6 Å². The molecular weight excluding hydrogens is 524 g/mol. The second-order valence-electron chi connectivity index (χ2n) is 10.2. The molecular formula is C31H34N4O4S. The molecule has 2 aromatic rings. The molecule has 8 nitrogen and oxygen atoms in total. The van der Waals surface area contributed by atoms with Crippen LogP contribution >= 0.6 is 11.8 Å². The molecule has 2 aromatic carbocycles. The summed E-state index contributed by atoms with van der Waals surface area (Å²) < 4.78 is 5.62. The third-order valence-corrected chi connectivity index (χ3v) is 8.38. The second-order valence-corrected chi connectivity index (χ2v) is 11.0. The summed E-state index contributed by atoms with van der Waals surface area (Å²) in [5.41, 5.74) is 5.76. The minimum absolute atomic E-state index is 0.00784. The van der Waals surface area contributed by atoms with E-state index in [1.165, 1.54) is 11.8 Å². The fraction of sp³-hybridized carbons (Fsp3) is 0.355. The Morgan fingerprint density at radius 3 is 2.38 bits per heavy atom. The Kier molecular flexibility index (Phi) is 8.12. The standard InChI is InChI=1S/C31H34N4O4S/c1-5-39-30(38)27-28(23-9-7-6-8-10-23)32-31-35(29(27)25-17-20(2)11-12-21(25)3)24(19-40-31)18-26(37)34-15-13-33(14-16-34)22(4)36/h6-12,17,19,29H,5,13-16,18H2,1-4H3. The number of hydrogen-bond donors (Lipinski definition) is 0. The van der Waals surface area contributed by atoms with Crippen molar-refractivity contribution in [1.82, 2.24) is 14.7 Å². The van der Waals surface area contributed by atoms with Crippen molar-refractivity contribution in [3.8, 4) is 0 Å². The Morgan fingerprint density at radius 1 is 1.00 bits per heavy atom. The number of ether oxygens (including phenoxy) is 1. The predicted octanol–water partition coefficient (Wildman–Crippen LogP) is 4.66. The highest BCUT2D eigenvalue weighted by molar-refractivity contribution is 8.16. The summed E-state index contributed by atoms with van der Waals surface area (Å²) in [5, 5.41) is 2.69. The zero-order chi connectivity index (χ0) is 28.4. The Hall–Kier alpha value is -3.85. The number of carbonyl (C=O) groups is 3. The number of aryl methyl sites for hydroxylation is 2. The van der Waals surface area contributed by atoms with Crippen molar-refractivity contribution in [3.63, 3.8) is 0 Å². The van der Waals surface area contributed by atoms with Crippen LogP contribution in [0, 0.1) is 13.8 Å². The first-order chi connectivity index (χ1) is 19.3. The summed E-state index contributed by atoms with van der Waals surface area (Å²) in [6.45, 7) is 9.75. The average molecular weight is 559 g/mol. The average Bonchev–Trinajstić information content (AvgIpc) is 3.36. The molecule has 0 radical (unpaired) electrons. The Bertz CT molecular complexity index is 1420. The number of carbonyl (C=O) groups excluding carboxylic acids is 3. The first-order valence-corrected chi connectivity index (χ1v) is 14.5. The lowest BCUT2D eigenvalue weighted by Crippen LogP contribution is -2.50. The molecule has 5 rings (SSSR count). The topological polar surface area (TPSA) is 82.5 Å². The van der Waals surface area contributed by atoms with Gasteiger partial charge in [0.15, 0.2) is 5.17 Å². The molecule has 1 unspecified atom stereocenters. The van der Waals surface area contributed by atoms with Gasteiger partial charge in [-0.3, -0.25) is 9.59 Å². The molecule has 208 valence electrons. The zero-order valence-electron chi connectivity index (χ0n) is 23.3. The van der Waals surface area contributed by atoms with Gasteiger partial charge in [-0.1, -0.05) is 65.9 Å². The fourth-order valence-electron chi connectivity index (χ4n) is 5.37. The highest BCUT2D eigenvalue weighted by atomic mass is 32.2. The van der Waals surface area contributed by atoms with Crippen molar-refractivity contribution in [2.24, 2.45) is 4.99 Å². The molecule has 9 heteroatoms. The monoisotopic (exact) mass is 558 g/mol. The van der Waals surface area contributed by atoms with Crippen molar-refractivity contribution >= 4 is 40.4 Å². The fourth-order valence-corrected chi connectivity index (χ4v) is 6.29. The van der Waals surface area contributed by atoms with Gasteiger partial charge in [0.2, 0.25) is 11.8 Å². The molecule has 0 aromatic heterocycles. The Morgan fingerprint density at radius 2 is 1.70 bits per heavy atom. The van der Waals surface area contributed by atoms with Gasteiger partial charge < -0.3 is 19.4 Å². The minimum atomic E-state index is -0.509. The van der Waals surface area contributed by atoms with Crippen LogP contribution in [0.3, 0.4) is 0 Å². The van der Waals surface area contributed by atoms with Crippen molar-refractivity contribution in [3.05, 3.63) is 87.5 Å². The van der Waals surface area contributed by atoms with Crippen molar-refractivity contribution in [2.75, 3.05) is 32.8 Å². The summed E-state index contributed by atoms with van der Waals surface area (Å²) in [6, 6.07) is 15.4. The molecule has 1 atom stereocenters. The molecule has 0 aliphatic carbocycles. The SMILES string of the molecule is CCOC(=O)C1=C(c2ccccc2)N=C2SC=C(CC(=O)N3CCN(C(C)=O)CC3)N2C1c1cc(C)ccc1C. The van der Waals surface area contributed by atoms with Crippen LogP contribution in [-0.4, -0.2) is 70.4 Å². The molecule has 40 heavy (non-hydrogen) atoms. The molecule has 1 saturated heterocycles. The second kappa shape index (κ2) is 11.7. The number of hydrogen-bond acceptors (Lipinski definition) is 7. The summed E-state index contributed by atoms with van der Waals surface area (Å²) in [4.78, 5) is 49.5. The largest absolute Gasteiger partial charge is 0.463 e. The number of amides is 2. The zero-order valence-corrected chi connectivity index (χ0v) is 24.2. The number of aliphatic imine (C=N–C) groups is 1. The lowest BCUT2D eigenvalue weighted by atomic mass is 9.88. The molecule has 1 fully saturated rings. The van der Waals surface area contributed by atoms with Gasteiger partial charge in [0.1, 0.15) is 0 Å². The van der Waals surface area contributed by atoms with Gasteiger partial charge in [-0.25, -0.2) is 9.79 Å². The van der Waals surface area contributed by atoms with Crippen molar-refractivity contribution in [1.29, 1.82) is 0 Å². The maximum Gasteiger partial charge on any atom is 0.338 e. The summed E-state index contributed by atoms with van der Waals surface area (Å²) in [6.07, 6.45) is 0.171. The normalized spacial score (nSPS) is 18.8. The first-order valence-electron chi connectivity index (χ1n) is 13.6. The van der Waals surface area contributed by atoms with Crippen LogP contribution in [0.4, 0.5) is 0 Å². The highest BCUT2D eigenvalue weighted by Gasteiger charge is 2.43. The van der Waals surface area contributed by atoms with E-state index >= 15 is 0 Å². The lowest BCUT2D eigenvalue weighted by molar-refractivity contribution is -0.139. The molecule has 3 aliphatic heterocycles. The molecule has 0 N–H and O–H groups in total. The van der Waals surface area contributed by atoms with E-state index in [4.69, 9.17) is 9.73 Å². The third kappa shape index (κ3) is 5.43. The van der Waals surface area contributed by atoms with Crippen LogP contribution in [0.5, 0.6) is 0 Å². The van der Waals surface area contributed by atoms with Crippen molar-refractivity contribution < 1.29 is 19.1 Å². The number of nitrogens with zero attached hydrogens (tertiary/aromatic N) is 4. The molecule has 0 spiro atoms. The van der Waals surface area contributed by atoms with E-state index in [0.29, 0.717) is 37.4 Å². The summed E-state index contributed by atoms with van der Waals surface area (Å²) in [7, 11) is 0. The van der Waals surface area contributed by atoms with Crippen LogP contribution < -0.4 is 0 Å². The van der Waals surface area contributed by atoms with Crippen molar-refractivity contribution in [2.45, 2.75) is 40.2 Å². The maximum atomic E-state index is 13.7. The molecule has 3 aliphatic rings. The van der Waals surface area contributed by atoms with Gasteiger partial charge in [-0.15, -0.1) is 0 Å². The van der Waals surface area contributed by atoms with E-state index < -0.39 is 12.0 Å². The minimum Gasteiger partial charge on any atom is -0.463 e. The lowest BCUT2D eigenvalue weighted by Gasteiger charge is -2.38. The van der Waals surface area contributed by atoms with Crippen LogP contribution in [0.25, 0.3) is 5.70 Å². The van der Waals surface area contributed by atoms with E-state index in [-0.39, 0.29) is 24.8 Å². The van der Waals surface area contributed by atoms with Gasteiger partial charge in [0, 0.05) is 44.4 Å². The van der Waals surface area contributed by atoms with Crippen LogP contribution in [0.2, 0.25) is 0 Å². The van der Waals surface area contributed by atoms with E-state index in [2.05, 4.69) is 18.2 Å². The number of piperazine rings is 1. The number of esters is 1. The van der Waals surface area contributed by atoms with Crippen LogP contribution in [-0.2, 0) is 19.1 Å². The molecule has 3 heterocycles. The van der Waals surface area contributed by atoms with Gasteiger partial charge >= 0.3 is 5.97 Å². The van der Waals surface area contributed by atoms with E-state index in [1.807, 2.05) is 59.4 Å².